The van der Waals surface area contributed by atoms with Gasteiger partial charge in [0.25, 0.3) is 0 Å². The lowest BCUT2D eigenvalue weighted by molar-refractivity contribution is -0.192. The molecule has 15 nitrogen and oxygen atoms in total. The summed E-state index contributed by atoms with van der Waals surface area (Å²) in [5.74, 6) is -4.32. The fourth-order valence-corrected chi connectivity index (χ4v) is 5.05. The fourth-order valence-electron chi connectivity index (χ4n) is 5.05. The van der Waals surface area contributed by atoms with E-state index in [9.17, 15) is 37.1 Å². The molecule has 1 fully saturated rings. The van der Waals surface area contributed by atoms with Crippen molar-refractivity contribution in [3.05, 3.63) is 0 Å². The zero-order chi connectivity index (χ0) is 43.0. The molecule has 0 aromatic carbocycles. The Hall–Kier alpha value is -3.35. The zero-order valence-electron chi connectivity index (χ0n) is 34.8. The standard InChI is InChI=1S/C35H64N4O9.C2HF3O2/c1-32(2,3)45-28(41)24-36-15-17-37(25-29(42)46-33(4,5)6)19-21-39(27(14-13-23-40)31(44)48-35(10,11)12)22-20-38(18-16-36)26-30(43)47-34(7,8)9;3-2(4,5)1(6)7/h23,27H,13-22,24-26H2,1-12H3;(H,6,7). The maximum atomic E-state index is 13.5. The van der Waals surface area contributed by atoms with Crippen LogP contribution in [0.5, 0.6) is 0 Å². The highest BCUT2D eigenvalue weighted by Crippen LogP contribution is 2.17. The number of ether oxygens (including phenoxy) is 4. The molecule has 1 saturated heterocycles. The minimum Gasteiger partial charge on any atom is -0.475 e. The molecular weight excluding hydrogens is 733 g/mol. The number of rotatable bonds is 11. The van der Waals surface area contributed by atoms with Crippen molar-refractivity contribution in [1.82, 2.24) is 19.6 Å². The number of aldehydes is 1. The van der Waals surface area contributed by atoms with E-state index in [1.54, 1.807) is 20.8 Å². The van der Waals surface area contributed by atoms with Crippen LogP contribution in [0, 0.1) is 0 Å². The van der Waals surface area contributed by atoms with Gasteiger partial charge in [-0.3, -0.25) is 38.8 Å². The lowest BCUT2D eigenvalue weighted by atomic mass is 10.1. The van der Waals surface area contributed by atoms with E-state index in [1.807, 2.05) is 81.9 Å². The Labute approximate surface area is 324 Å². The number of hydrogen-bond acceptors (Lipinski definition) is 14. The van der Waals surface area contributed by atoms with E-state index in [4.69, 9.17) is 28.8 Å². The summed E-state index contributed by atoms with van der Waals surface area (Å²) in [6, 6.07) is -0.715. The number of halogens is 3. The van der Waals surface area contributed by atoms with Crippen molar-refractivity contribution in [2.24, 2.45) is 0 Å². The monoisotopic (exact) mass is 798 g/mol. The van der Waals surface area contributed by atoms with Gasteiger partial charge in [-0.05, 0) is 89.5 Å². The maximum Gasteiger partial charge on any atom is 0.490 e. The molecule has 0 aliphatic carbocycles. The van der Waals surface area contributed by atoms with Crippen molar-refractivity contribution >= 4 is 36.1 Å². The van der Waals surface area contributed by atoms with Gasteiger partial charge in [-0.25, -0.2) is 4.79 Å². The van der Waals surface area contributed by atoms with E-state index in [-0.39, 0.29) is 50.4 Å². The summed E-state index contributed by atoms with van der Waals surface area (Å²) >= 11 is 0. The van der Waals surface area contributed by atoms with Crippen molar-refractivity contribution in [3.63, 3.8) is 0 Å². The van der Waals surface area contributed by atoms with Crippen LogP contribution in [0.25, 0.3) is 0 Å². The van der Waals surface area contributed by atoms with Crippen LogP contribution >= 0.6 is 0 Å². The molecule has 1 rings (SSSR count). The third-order valence-electron chi connectivity index (χ3n) is 7.11. The Morgan fingerprint density at radius 2 is 0.836 bits per heavy atom. The maximum absolute atomic E-state index is 13.5. The average Bonchev–Trinajstić information content (AvgIpc) is 2.94. The molecule has 18 heteroatoms. The predicted molar refractivity (Wildman–Crippen MR) is 197 cm³/mol. The van der Waals surface area contributed by atoms with Crippen LogP contribution in [0.15, 0.2) is 0 Å². The quantitative estimate of drug-likeness (QED) is 0.183. The van der Waals surface area contributed by atoms with Gasteiger partial charge in [-0.1, -0.05) is 0 Å². The predicted octanol–water partition coefficient (Wildman–Crippen LogP) is 3.56. The van der Waals surface area contributed by atoms with Gasteiger partial charge in [0.2, 0.25) is 0 Å². The Bertz CT molecular complexity index is 1210. The second kappa shape index (κ2) is 22.4. The number of carbonyl (C=O) groups excluding carboxylic acids is 5. The molecule has 55 heavy (non-hydrogen) atoms. The molecule has 0 spiro atoms. The first-order valence-electron chi connectivity index (χ1n) is 18.3. The van der Waals surface area contributed by atoms with Crippen molar-refractivity contribution in [2.45, 2.75) is 131 Å². The number of aliphatic carboxylic acids is 1. The van der Waals surface area contributed by atoms with E-state index in [1.165, 1.54) is 0 Å². The van der Waals surface area contributed by atoms with Crippen molar-refractivity contribution in [2.75, 3.05) is 72.0 Å². The Morgan fingerprint density at radius 3 is 1.07 bits per heavy atom. The van der Waals surface area contributed by atoms with Gasteiger partial charge in [-0.2, -0.15) is 13.2 Å². The molecule has 0 amide bonds. The molecule has 0 aromatic heterocycles. The first-order valence-corrected chi connectivity index (χ1v) is 18.3. The number of hydrogen-bond donors (Lipinski definition) is 1. The van der Waals surface area contributed by atoms with Crippen LogP contribution in [0.3, 0.4) is 0 Å². The lowest BCUT2D eigenvalue weighted by Crippen LogP contribution is -2.53. The molecule has 0 bridgehead atoms. The molecule has 1 aliphatic rings. The van der Waals surface area contributed by atoms with Crippen LogP contribution in [0.4, 0.5) is 13.2 Å². The molecule has 0 saturated carbocycles. The van der Waals surface area contributed by atoms with Crippen molar-refractivity contribution in [3.8, 4) is 0 Å². The van der Waals surface area contributed by atoms with E-state index in [0.717, 1.165) is 6.29 Å². The van der Waals surface area contributed by atoms with Crippen molar-refractivity contribution < 1.29 is 66.0 Å². The first kappa shape index (κ1) is 51.6. The molecule has 0 radical (unpaired) electrons. The fraction of sp³-hybridized carbons (Fsp3) is 0.838. The Morgan fingerprint density at radius 1 is 0.564 bits per heavy atom. The number of nitrogens with zero attached hydrogens (tertiary/aromatic N) is 4. The SMILES string of the molecule is CC(C)(C)OC(=O)CN1CCN(CC(=O)OC(C)(C)C)CCN(C(CCC=O)C(=O)OC(C)(C)C)CCN(CC(=O)OC(C)(C)C)CC1.O=C(O)C(F)(F)F. The van der Waals surface area contributed by atoms with Gasteiger partial charge >= 0.3 is 36.0 Å². The molecule has 320 valence electrons. The normalized spacial score (nSPS) is 17.3. The number of alkyl halides is 3. The van der Waals surface area contributed by atoms with Gasteiger partial charge in [0.1, 0.15) is 34.7 Å². The summed E-state index contributed by atoms with van der Waals surface area (Å²) < 4.78 is 54.4. The van der Waals surface area contributed by atoms with Crippen LogP contribution in [0.2, 0.25) is 0 Å². The first-order chi connectivity index (χ1) is 24.8. The molecule has 1 unspecified atom stereocenters. The molecule has 1 atom stereocenters. The van der Waals surface area contributed by atoms with E-state index in [2.05, 4.69) is 0 Å². The van der Waals surface area contributed by atoms with Gasteiger partial charge in [-0.15, -0.1) is 0 Å². The minimum absolute atomic E-state index is 0.0155. The topological polar surface area (TPSA) is 173 Å². The summed E-state index contributed by atoms with van der Waals surface area (Å²) in [7, 11) is 0. The number of carboxylic acid groups (broad SMARTS) is 1. The van der Waals surface area contributed by atoms with Crippen molar-refractivity contribution in [1.29, 1.82) is 0 Å². The molecular formula is C37H65F3N4O11. The third kappa shape index (κ3) is 27.0. The van der Waals surface area contributed by atoms with Crippen LogP contribution in [-0.2, 0) is 47.7 Å². The molecule has 1 N–H and O–H groups in total. The molecule has 1 aliphatic heterocycles. The zero-order valence-corrected chi connectivity index (χ0v) is 34.8. The van der Waals surface area contributed by atoms with E-state index >= 15 is 0 Å². The number of carbonyl (C=O) groups is 6. The van der Waals surface area contributed by atoms with Gasteiger partial charge in [0.05, 0.1) is 19.6 Å². The summed E-state index contributed by atoms with van der Waals surface area (Å²) in [6.45, 7) is 25.0. The van der Waals surface area contributed by atoms with E-state index in [0.29, 0.717) is 52.4 Å². The highest BCUT2D eigenvalue weighted by atomic mass is 19.4. The molecule has 0 aromatic rings. The summed E-state index contributed by atoms with van der Waals surface area (Å²) in [5.41, 5.74) is -2.70. The second-order valence-corrected chi connectivity index (χ2v) is 17.2. The van der Waals surface area contributed by atoms with Crippen LogP contribution < -0.4 is 0 Å². The van der Waals surface area contributed by atoms with E-state index < -0.39 is 46.6 Å². The largest absolute Gasteiger partial charge is 0.490 e. The number of carboxylic acids is 1. The Kier molecular flexibility index (Phi) is 21.0. The van der Waals surface area contributed by atoms with Gasteiger partial charge in [0.15, 0.2) is 0 Å². The molecule has 1 heterocycles. The van der Waals surface area contributed by atoms with Gasteiger partial charge in [0, 0.05) is 58.8 Å². The summed E-state index contributed by atoms with van der Waals surface area (Å²) in [5, 5.41) is 7.12. The highest BCUT2D eigenvalue weighted by Gasteiger charge is 2.38. The lowest BCUT2D eigenvalue weighted by Gasteiger charge is -2.37. The Balaban J connectivity index is 0.00000377. The number of esters is 4. The highest BCUT2D eigenvalue weighted by molar-refractivity contribution is 5.77. The van der Waals surface area contributed by atoms with Crippen LogP contribution in [-0.4, -0.2) is 167 Å². The average molecular weight is 799 g/mol. The van der Waals surface area contributed by atoms with Gasteiger partial charge < -0.3 is 28.8 Å². The second-order valence-electron chi connectivity index (χ2n) is 17.2. The minimum atomic E-state index is -5.08. The smallest absolute Gasteiger partial charge is 0.475 e. The third-order valence-corrected chi connectivity index (χ3v) is 7.11. The summed E-state index contributed by atoms with van der Waals surface area (Å²) in [6.07, 6.45) is -3.86. The summed E-state index contributed by atoms with van der Waals surface area (Å²) in [4.78, 5) is 80.5. The van der Waals surface area contributed by atoms with Crippen LogP contribution in [0.1, 0.15) is 95.9 Å².